The lowest BCUT2D eigenvalue weighted by Crippen LogP contribution is -2.28. The molecule has 86 valence electrons. The first-order valence-corrected chi connectivity index (χ1v) is 5.47. The molecule has 1 aromatic rings. The van der Waals surface area contributed by atoms with Crippen LogP contribution in [0.3, 0.4) is 0 Å². The van der Waals surface area contributed by atoms with Gasteiger partial charge in [0.15, 0.2) is 0 Å². The lowest BCUT2D eigenvalue weighted by atomic mass is 10.3. The van der Waals surface area contributed by atoms with Gasteiger partial charge in [-0.1, -0.05) is 6.08 Å². The van der Waals surface area contributed by atoms with E-state index in [1.807, 2.05) is 10.8 Å². The summed E-state index contributed by atoms with van der Waals surface area (Å²) in [4.78, 5) is 13.7. The Bertz CT molecular complexity index is 418. The Morgan fingerprint density at radius 1 is 1.75 bits per heavy atom. The second-order valence-corrected chi connectivity index (χ2v) is 4.27. The molecule has 1 aliphatic carbocycles. The van der Waals surface area contributed by atoms with Crippen molar-refractivity contribution in [3.8, 4) is 0 Å². The molecule has 0 saturated heterocycles. The minimum absolute atomic E-state index is 0.00324. The maximum absolute atomic E-state index is 12.1. The number of nitrogens with two attached hydrogens (primary N) is 1. The number of aromatic nitrogens is 1. The summed E-state index contributed by atoms with van der Waals surface area (Å²) in [6, 6.07) is 2.22. The van der Waals surface area contributed by atoms with Crippen molar-refractivity contribution in [3.63, 3.8) is 0 Å². The molecule has 1 aromatic heterocycles. The normalized spacial score (nSPS) is 14.8. The minimum Gasteiger partial charge on any atom is -0.397 e. The Balaban J connectivity index is 2.24. The molecule has 1 amide bonds. The number of rotatable bonds is 4. The maximum atomic E-state index is 12.1. The standard InChI is InChI=1S/C12H17N3O/c1-3-6-14(2)12(16)11-7-9(13)8-15(11)10-4-5-10/h3,7-8,10H,1,4-6,13H2,2H3. The zero-order valence-electron chi connectivity index (χ0n) is 9.52. The summed E-state index contributed by atoms with van der Waals surface area (Å²) in [6.07, 6.45) is 5.84. The van der Waals surface area contributed by atoms with Crippen molar-refractivity contribution in [3.05, 3.63) is 30.6 Å². The van der Waals surface area contributed by atoms with E-state index in [4.69, 9.17) is 5.73 Å². The molecule has 1 aliphatic rings. The van der Waals surface area contributed by atoms with Gasteiger partial charge < -0.3 is 15.2 Å². The first-order valence-electron chi connectivity index (χ1n) is 5.47. The van der Waals surface area contributed by atoms with Gasteiger partial charge in [-0.05, 0) is 18.9 Å². The number of hydrogen-bond donors (Lipinski definition) is 1. The van der Waals surface area contributed by atoms with Crippen molar-refractivity contribution >= 4 is 11.6 Å². The summed E-state index contributed by atoms with van der Waals surface area (Å²) in [6.45, 7) is 4.18. The van der Waals surface area contributed by atoms with Crippen molar-refractivity contribution in [1.82, 2.24) is 9.47 Å². The van der Waals surface area contributed by atoms with Crippen LogP contribution in [0.2, 0.25) is 0 Å². The van der Waals surface area contributed by atoms with Crippen molar-refractivity contribution in [2.75, 3.05) is 19.3 Å². The van der Waals surface area contributed by atoms with E-state index >= 15 is 0 Å². The fraction of sp³-hybridized carbons (Fsp3) is 0.417. The summed E-state index contributed by atoms with van der Waals surface area (Å²) < 4.78 is 2.00. The number of nitrogen functional groups attached to an aromatic ring is 1. The highest BCUT2D eigenvalue weighted by Gasteiger charge is 2.28. The summed E-state index contributed by atoms with van der Waals surface area (Å²) in [5.41, 5.74) is 7.08. The number of hydrogen-bond acceptors (Lipinski definition) is 2. The Labute approximate surface area is 95.3 Å². The lowest BCUT2D eigenvalue weighted by Gasteiger charge is -2.16. The number of carbonyl (C=O) groups is 1. The summed E-state index contributed by atoms with van der Waals surface area (Å²) >= 11 is 0. The number of carbonyl (C=O) groups excluding carboxylic acids is 1. The first-order chi connectivity index (χ1) is 7.63. The third-order valence-electron chi connectivity index (χ3n) is 2.78. The molecular formula is C12H17N3O. The molecule has 4 heteroatoms. The fourth-order valence-electron chi connectivity index (χ4n) is 1.80. The number of nitrogens with zero attached hydrogens (tertiary/aromatic N) is 2. The molecule has 1 heterocycles. The van der Waals surface area contributed by atoms with Crippen molar-refractivity contribution < 1.29 is 4.79 Å². The van der Waals surface area contributed by atoms with E-state index in [2.05, 4.69) is 6.58 Å². The second-order valence-electron chi connectivity index (χ2n) is 4.27. The Morgan fingerprint density at radius 3 is 3.00 bits per heavy atom. The van der Waals surface area contributed by atoms with Crippen molar-refractivity contribution in [1.29, 1.82) is 0 Å². The molecule has 4 nitrogen and oxygen atoms in total. The monoisotopic (exact) mass is 219 g/mol. The number of amides is 1. The van der Waals surface area contributed by atoms with Crippen LogP contribution in [0.1, 0.15) is 29.4 Å². The van der Waals surface area contributed by atoms with Gasteiger partial charge in [0.2, 0.25) is 0 Å². The van der Waals surface area contributed by atoms with E-state index in [0.717, 1.165) is 12.8 Å². The van der Waals surface area contributed by atoms with Gasteiger partial charge in [-0.2, -0.15) is 0 Å². The Morgan fingerprint density at radius 2 is 2.44 bits per heavy atom. The van der Waals surface area contributed by atoms with Crippen LogP contribution in [-0.2, 0) is 0 Å². The Hall–Kier alpha value is -1.71. The van der Waals surface area contributed by atoms with Crippen LogP contribution in [-0.4, -0.2) is 29.0 Å². The molecule has 0 aliphatic heterocycles. The highest BCUT2D eigenvalue weighted by Crippen LogP contribution is 2.37. The molecule has 2 rings (SSSR count). The predicted octanol–water partition coefficient (Wildman–Crippen LogP) is 1.66. The topological polar surface area (TPSA) is 51.3 Å². The average molecular weight is 219 g/mol. The van der Waals surface area contributed by atoms with Crippen molar-refractivity contribution in [2.45, 2.75) is 18.9 Å². The molecule has 0 bridgehead atoms. The third kappa shape index (κ3) is 1.96. The van der Waals surface area contributed by atoms with E-state index in [1.165, 1.54) is 0 Å². The number of anilines is 1. The molecule has 1 saturated carbocycles. The fourth-order valence-corrected chi connectivity index (χ4v) is 1.80. The molecule has 16 heavy (non-hydrogen) atoms. The third-order valence-corrected chi connectivity index (χ3v) is 2.78. The van der Waals surface area contributed by atoms with Gasteiger partial charge in [0, 0.05) is 25.8 Å². The van der Waals surface area contributed by atoms with Crippen LogP contribution < -0.4 is 5.73 Å². The van der Waals surface area contributed by atoms with Crippen molar-refractivity contribution in [2.24, 2.45) is 0 Å². The van der Waals surface area contributed by atoms with Gasteiger partial charge >= 0.3 is 0 Å². The molecule has 0 atom stereocenters. The van der Waals surface area contributed by atoms with Gasteiger partial charge in [-0.25, -0.2) is 0 Å². The zero-order chi connectivity index (χ0) is 11.7. The summed E-state index contributed by atoms with van der Waals surface area (Å²) in [7, 11) is 1.77. The molecule has 2 N–H and O–H groups in total. The van der Waals surface area contributed by atoms with Gasteiger partial charge in [0.25, 0.3) is 5.91 Å². The SMILES string of the molecule is C=CCN(C)C(=O)c1cc(N)cn1C1CC1. The Kier molecular flexibility index (Phi) is 2.73. The van der Waals surface area contributed by atoms with E-state index in [-0.39, 0.29) is 5.91 Å². The van der Waals surface area contributed by atoms with Gasteiger partial charge in [0.1, 0.15) is 5.69 Å². The quantitative estimate of drug-likeness (QED) is 0.783. The smallest absolute Gasteiger partial charge is 0.270 e. The lowest BCUT2D eigenvalue weighted by molar-refractivity contribution is 0.0799. The van der Waals surface area contributed by atoms with Crippen LogP contribution in [0.25, 0.3) is 0 Å². The predicted molar refractivity (Wildman–Crippen MR) is 64.3 cm³/mol. The molecule has 0 radical (unpaired) electrons. The van der Waals surface area contributed by atoms with Gasteiger partial charge in [-0.15, -0.1) is 6.58 Å². The van der Waals surface area contributed by atoms with Crippen LogP contribution in [0.4, 0.5) is 5.69 Å². The molecule has 0 unspecified atom stereocenters. The van der Waals surface area contributed by atoms with Crippen LogP contribution >= 0.6 is 0 Å². The highest BCUT2D eigenvalue weighted by atomic mass is 16.2. The van der Waals surface area contributed by atoms with E-state index in [1.54, 1.807) is 24.1 Å². The maximum Gasteiger partial charge on any atom is 0.270 e. The first kappa shape index (κ1) is 10.8. The van der Waals surface area contributed by atoms with Crippen LogP contribution in [0, 0.1) is 0 Å². The number of likely N-dealkylation sites (N-methyl/N-ethyl adjacent to an activating group) is 1. The minimum atomic E-state index is 0.00324. The summed E-state index contributed by atoms with van der Waals surface area (Å²) in [5, 5.41) is 0. The van der Waals surface area contributed by atoms with Crippen LogP contribution in [0.15, 0.2) is 24.9 Å². The molecule has 0 spiro atoms. The van der Waals surface area contributed by atoms with Gasteiger partial charge in [-0.3, -0.25) is 4.79 Å². The van der Waals surface area contributed by atoms with Crippen LogP contribution in [0.5, 0.6) is 0 Å². The van der Waals surface area contributed by atoms with E-state index < -0.39 is 0 Å². The average Bonchev–Trinajstić information content (AvgIpc) is 3.01. The van der Waals surface area contributed by atoms with E-state index in [9.17, 15) is 4.79 Å². The second kappa shape index (κ2) is 4.04. The molecule has 0 aromatic carbocycles. The van der Waals surface area contributed by atoms with Gasteiger partial charge in [0.05, 0.1) is 5.69 Å². The largest absolute Gasteiger partial charge is 0.397 e. The summed E-state index contributed by atoms with van der Waals surface area (Å²) in [5.74, 6) is 0.00324. The molecular weight excluding hydrogens is 202 g/mol. The van der Waals surface area contributed by atoms with E-state index in [0.29, 0.717) is 24.0 Å². The zero-order valence-corrected chi connectivity index (χ0v) is 9.52. The molecule has 1 fully saturated rings. The highest BCUT2D eigenvalue weighted by molar-refractivity contribution is 5.93.